The van der Waals surface area contributed by atoms with Crippen molar-refractivity contribution >= 4 is 5.78 Å². The minimum Gasteiger partial charge on any atom is -0.471 e. The Hall–Kier alpha value is -2.48. The lowest BCUT2D eigenvalue weighted by Gasteiger charge is -2.38. The van der Waals surface area contributed by atoms with Gasteiger partial charge in [-0.2, -0.15) is 13.2 Å². The molecule has 0 atom stereocenters. The highest BCUT2D eigenvalue weighted by Crippen LogP contribution is 2.37. The number of ether oxygens (including phenoxy) is 1. The van der Waals surface area contributed by atoms with Crippen LogP contribution in [0, 0.1) is 5.41 Å². The van der Waals surface area contributed by atoms with E-state index in [1.807, 2.05) is 27.7 Å². The Balaban J connectivity index is 1.64. The molecule has 0 aliphatic carbocycles. The summed E-state index contributed by atoms with van der Waals surface area (Å²) in [6.45, 7) is 9.53. The molecule has 0 saturated carbocycles. The molecule has 1 fully saturated rings. The van der Waals surface area contributed by atoms with Crippen molar-refractivity contribution in [2.75, 3.05) is 13.1 Å². The fraction of sp³-hybridized carbons (Fsp3) is 0.542. The number of ketones is 1. The second kappa shape index (κ2) is 9.17. The van der Waals surface area contributed by atoms with Crippen LogP contribution in [0.3, 0.4) is 0 Å². The van der Waals surface area contributed by atoms with Crippen LogP contribution in [0.25, 0.3) is 0 Å². The minimum atomic E-state index is -4.47. The SMILES string of the molecule is CC(C)(C)Oc1nccnc1CN1CCC(C)(C(=O)Cc2ccccc2C(F)(F)F)CC1. The number of halogens is 3. The van der Waals surface area contributed by atoms with E-state index in [-0.39, 0.29) is 17.8 Å². The van der Waals surface area contributed by atoms with Crippen molar-refractivity contribution in [2.45, 2.75) is 65.3 Å². The maximum absolute atomic E-state index is 13.3. The molecule has 8 heteroatoms. The predicted molar refractivity (Wildman–Crippen MR) is 115 cm³/mol. The topological polar surface area (TPSA) is 55.3 Å². The molecule has 0 bridgehead atoms. The highest BCUT2D eigenvalue weighted by atomic mass is 19.4. The van der Waals surface area contributed by atoms with Crippen molar-refractivity contribution in [2.24, 2.45) is 5.41 Å². The van der Waals surface area contributed by atoms with Gasteiger partial charge in [-0.15, -0.1) is 0 Å². The average molecular weight is 450 g/mol. The van der Waals surface area contributed by atoms with Gasteiger partial charge in [-0.3, -0.25) is 14.7 Å². The van der Waals surface area contributed by atoms with Crippen LogP contribution in [0.2, 0.25) is 0 Å². The van der Waals surface area contributed by atoms with E-state index >= 15 is 0 Å². The van der Waals surface area contributed by atoms with Crippen LogP contribution < -0.4 is 4.74 Å². The van der Waals surface area contributed by atoms with E-state index in [2.05, 4.69) is 14.9 Å². The second-order valence-electron chi connectivity index (χ2n) is 9.61. The molecule has 1 aliphatic heterocycles. The van der Waals surface area contributed by atoms with Gasteiger partial charge in [0, 0.05) is 30.8 Å². The second-order valence-corrected chi connectivity index (χ2v) is 9.61. The monoisotopic (exact) mass is 449 g/mol. The number of carbonyl (C=O) groups excluding carboxylic acids is 1. The Morgan fingerprint density at radius 3 is 2.34 bits per heavy atom. The molecule has 2 heterocycles. The summed E-state index contributed by atoms with van der Waals surface area (Å²) in [4.78, 5) is 23.9. The summed E-state index contributed by atoms with van der Waals surface area (Å²) in [5, 5.41) is 0. The highest BCUT2D eigenvalue weighted by Gasteiger charge is 2.39. The van der Waals surface area contributed by atoms with E-state index in [4.69, 9.17) is 4.74 Å². The molecule has 1 aromatic heterocycles. The van der Waals surface area contributed by atoms with E-state index in [1.165, 1.54) is 12.1 Å². The zero-order valence-electron chi connectivity index (χ0n) is 19.0. The molecular weight excluding hydrogens is 419 g/mol. The lowest BCUT2D eigenvalue weighted by molar-refractivity contribution is -0.138. The standard InChI is InChI=1S/C24H30F3N3O2/c1-22(2,3)32-21-19(28-11-12-29-21)16-30-13-9-23(4,10-14-30)20(31)15-17-7-5-6-8-18(17)24(25,26)27/h5-8,11-12H,9-10,13-16H2,1-4H3. The van der Waals surface area contributed by atoms with Crippen LogP contribution >= 0.6 is 0 Å². The molecule has 174 valence electrons. The zero-order valence-corrected chi connectivity index (χ0v) is 19.0. The van der Waals surface area contributed by atoms with Crippen LogP contribution in [-0.4, -0.2) is 39.3 Å². The molecule has 1 aromatic carbocycles. The number of rotatable bonds is 6. The summed E-state index contributed by atoms with van der Waals surface area (Å²) >= 11 is 0. The molecule has 1 saturated heterocycles. The van der Waals surface area contributed by atoms with Crippen molar-refractivity contribution in [3.05, 3.63) is 53.5 Å². The lowest BCUT2D eigenvalue weighted by Crippen LogP contribution is -2.43. The number of Topliss-reactive ketones (excluding diaryl/α,β-unsaturated/α-hetero) is 1. The van der Waals surface area contributed by atoms with Gasteiger partial charge in [0.15, 0.2) is 0 Å². The largest absolute Gasteiger partial charge is 0.471 e. The Morgan fingerprint density at radius 1 is 1.09 bits per heavy atom. The maximum atomic E-state index is 13.3. The Bertz CT molecular complexity index is 946. The average Bonchev–Trinajstić information content (AvgIpc) is 2.70. The van der Waals surface area contributed by atoms with E-state index < -0.39 is 22.8 Å². The summed E-state index contributed by atoms with van der Waals surface area (Å²) in [5.74, 6) is 0.346. The number of likely N-dealkylation sites (tertiary alicyclic amines) is 1. The number of hydrogen-bond donors (Lipinski definition) is 0. The van der Waals surface area contributed by atoms with Gasteiger partial charge >= 0.3 is 6.18 Å². The molecule has 1 aliphatic rings. The Labute approximate surface area is 187 Å². The van der Waals surface area contributed by atoms with E-state index in [0.29, 0.717) is 38.4 Å². The zero-order chi connectivity index (χ0) is 23.6. The molecular formula is C24H30F3N3O2. The fourth-order valence-corrected chi connectivity index (χ4v) is 3.87. The van der Waals surface area contributed by atoms with Gasteiger partial charge in [0.25, 0.3) is 0 Å². The smallest absolute Gasteiger partial charge is 0.416 e. The predicted octanol–water partition coefficient (Wildman–Crippen LogP) is 5.09. The maximum Gasteiger partial charge on any atom is 0.416 e. The molecule has 2 aromatic rings. The number of hydrogen-bond acceptors (Lipinski definition) is 5. The highest BCUT2D eigenvalue weighted by molar-refractivity contribution is 5.87. The third-order valence-electron chi connectivity index (χ3n) is 5.82. The summed E-state index contributed by atoms with van der Waals surface area (Å²) in [5.41, 5.74) is -1.01. The van der Waals surface area contributed by atoms with Crippen LogP contribution in [0.15, 0.2) is 36.7 Å². The Morgan fingerprint density at radius 2 is 1.72 bits per heavy atom. The number of aromatic nitrogens is 2. The van der Waals surface area contributed by atoms with Crippen LogP contribution in [-0.2, 0) is 23.9 Å². The third kappa shape index (κ3) is 6.06. The molecule has 0 N–H and O–H groups in total. The summed E-state index contributed by atoms with van der Waals surface area (Å²) in [6.07, 6.45) is -0.300. The molecule has 32 heavy (non-hydrogen) atoms. The first-order valence-corrected chi connectivity index (χ1v) is 10.8. The molecule has 0 amide bonds. The first-order chi connectivity index (χ1) is 14.9. The summed E-state index contributed by atoms with van der Waals surface area (Å²) < 4.78 is 45.8. The number of carbonyl (C=O) groups is 1. The van der Waals surface area contributed by atoms with Crippen molar-refractivity contribution in [1.82, 2.24) is 14.9 Å². The lowest BCUT2D eigenvalue weighted by atomic mass is 9.74. The number of alkyl halides is 3. The van der Waals surface area contributed by atoms with Crippen molar-refractivity contribution in [3.8, 4) is 5.88 Å². The first-order valence-electron chi connectivity index (χ1n) is 10.8. The minimum absolute atomic E-state index is 0.0391. The first kappa shape index (κ1) is 24.2. The molecule has 5 nitrogen and oxygen atoms in total. The normalized spacial score (nSPS) is 17.2. The molecule has 3 rings (SSSR count). The van der Waals surface area contributed by atoms with E-state index in [1.54, 1.807) is 18.5 Å². The molecule has 0 radical (unpaired) electrons. The van der Waals surface area contributed by atoms with Crippen LogP contribution in [0.5, 0.6) is 5.88 Å². The number of nitrogens with zero attached hydrogens (tertiary/aromatic N) is 3. The van der Waals surface area contributed by atoms with Gasteiger partial charge in [0.1, 0.15) is 17.1 Å². The third-order valence-corrected chi connectivity index (χ3v) is 5.82. The number of benzene rings is 1. The van der Waals surface area contributed by atoms with Gasteiger partial charge < -0.3 is 4.74 Å². The molecule has 0 unspecified atom stereocenters. The van der Waals surface area contributed by atoms with Crippen LogP contribution in [0.4, 0.5) is 13.2 Å². The van der Waals surface area contributed by atoms with Gasteiger partial charge in [0.2, 0.25) is 5.88 Å². The van der Waals surface area contributed by atoms with Crippen molar-refractivity contribution < 1.29 is 22.7 Å². The van der Waals surface area contributed by atoms with Gasteiger partial charge in [-0.25, -0.2) is 4.98 Å². The van der Waals surface area contributed by atoms with Gasteiger partial charge in [-0.05, 0) is 58.3 Å². The van der Waals surface area contributed by atoms with E-state index in [9.17, 15) is 18.0 Å². The fourth-order valence-electron chi connectivity index (χ4n) is 3.87. The summed E-state index contributed by atoms with van der Waals surface area (Å²) in [7, 11) is 0. The molecule has 0 spiro atoms. The van der Waals surface area contributed by atoms with Gasteiger partial charge in [0.05, 0.1) is 5.56 Å². The van der Waals surface area contributed by atoms with Crippen molar-refractivity contribution in [1.29, 1.82) is 0 Å². The van der Waals surface area contributed by atoms with E-state index in [0.717, 1.165) is 11.8 Å². The Kier molecular flexibility index (Phi) is 6.93. The van der Waals surface area contributed by atoms with Crippen molar-refractivity contribution in [3.63, 3.8) is 0 Å². The van der Waals surface area contributed by atoms with Crippen LogP contribution in [0.1, 0.15) is 57.4 Å². The number of piperidine rings is 1. The quantitative estimate of drug-likeness (QED) is 0.615. The van der Waals surface area contributed by atoms with Gasteiger partial charge in [-0.1, -0.05) is 25.1 Å². The summed E-state index contributed by atoms with van der Waals surface area (Å²) in [6, 6.07) is 5.32.